The Morgan fingerprint density at radius 1 is 1.12 bits per heavy atom. The largest absolute Gasteiger partial charge is 0.508 e. The number of phenols is 1. The Labute approximate surface area is 140 Å². The SMILES string of the molecule is CC1=NC(C)=C(c2cccnc2)C(c2ccccc2O)C1C(=O)O. The van der Waals surface area contributed by atoms with E-state index >= 15 is 0 Å². The molecule has 2 aromatic rings. The number of rotatable bonds is 3. The summed E-state index contributed by atoms with van der Waals surface area (Å²) in [4.78, 5) is 20.5. The summed E-state index contributed by atoms with van der Waals surface area (Å²) >= 11 is 0. The predicted octanol–water partition coefficient (Wildman–Crippen LogP) is 3.48. The lowest BCUT2D eigenvalue weighted by molar-refractivity contribution is -0.139. The number of hydrogen-bond donors (Lipinski definition) is 2. The number of aliphatic carboxylic acids is 1. The van der Waals surface area contributed by atoms with Crippen LogP contribution in [0.2, 0.25) is 0 Å². The van der Waals surface area contributed by atoms with Crippen molar-refractivity contribution in [3.8, 4) is 5.75 Å². The van der Waals surface area contributed by atoms with Crippen LogP contribution in [0.25, 0.3) is 5.57 Å². The molecule has 0 saturated carbocycles. The summed E-state index contributed by atoms with van der Waals surface area (Å²) in [5.74, 6) is -2.24. The van der Waals surface area contributed by atoms with Gasteiger partial charge in [-0.25, -0.2) is 0 Å². The number of phenolic OH excluding ortho intramolecular Hbond substituents is 1. The molecular formula is C19H18N2O3. The first-order valence-electron chi connectivity index (χ1n) is 7.67. The molecule has 0 spiro atoms. The highest BCUT2D eigenvalue weighted by atomic mass is 16.4. The molecule has 122 valence electrons. The normalized spacial score (nSPS) is 20.7. The second kappa shape index (κ2) is 6.28. The number of nitrogens with zero attached hydrogens (tertiary/aromatic N) is 2. The summed E-state index contributed by atoms with van der Waals surface area (Å²) in [6.07, 6.45) is 3.36. The summed E-state index contributed by atoms with van der Waals surface area (Å²) in [6.45, 7) is 3.58. The van der Waals surface area contributed by atoms with Crippen molar-refractivity contribution in [1.82, 2.24) is 4.98 Å². The smallest absolute Gasteiger partial charge is 0.313 e. The van der Waals surface area contributed by atoms with Crippen LogP contribution in [0.15, 0.2) is 59.5 Å². The molecule has 0 fully saturated rings. The summed E-state index contributed by atoms with van der Waals surface area (Å²) in [5.41, 5.74) is 3.44. The van der Waals surface area contributed by atoms with E-state index in [2.05, 4.69) is 9.98 Å². The Balaban J connectivity index is 2.28. The number of hydrogen-bond acceptors (Lipinski definition) is 4. The van der Waals surface area contributed by atoms with Crippen LogP contribution in [0.4, 0.5) is 0 Å². The van der Waals surface area contributed by atoms with Crippen LogP contribution < -0.4 is 0 Å². The lowest BCUT2D eigenvalue weighted by atomic mass is 9.73. The van der Waals surface area contributed by atoms with E-state index in [4.69, 9.17) is 0 Å². The zero-order valence-corrected chi connectivity index (χ0v) is 13.5. The van der Waals surface area contributed by atoms with Crippen molar-refractivity contribution in [1.29, 1.82) is 0 Å². The van der Waals surface area contributed by atoms with E-state index in [0.717, 1.165) is 16.8 Å². The van der Waals surface area contributed by atoms with Crippen molar-refractivity contribution in [3.05, 3.63) is 65.6 Å². The molecule has 0 amide bonds. The Morgan fingerprint density at radius 3 is 2.50 bits per heavy atom. The second-order valence-electron chi connectivity index (χ2n) is 5.85. The molecule has 1 aromatic carbocycles. The summed E-state index contributed by atoms with van der Waals surface area (Å²) in [6, 6.07) is 10.5. The maximum absolute atomic E-state index is 11.9. The average Bonchev–Trinajstić information content (AvgIpc) is 2.55. The Kier molecular flexibility index (Phi) is 4.16. The van der Waals surface area contributed by atoms with Crippen molar-refractivity contribution >= 4 is 17.3 Å². The van der Waals surface area contributed by atoms with Crippen LogP contribution in [0.3, 0.4) is 0 Å². The number of carbonyl (C=O) groups is 1. The standard InChI is InChI=1S/C19H18N2O3/c1-11-16(13-6-5-9-20-10-13)18(14-7-3-4-8-15(14)22)17(19(23)24)12(2)21-11/h3-10,17-18,22H,1-2H3,(H,23,24). The number of aromatic hydroxyl groups is 1. The monoisotopic (exact) mass is 322 g/mol. The van der Waals surface area contributed by atoms with Crippen LogP contribution in [-0.4, -0.2) is 26.9 Å². The van der Waals surface area contributed by atoms with Gasteiger partial charge in [0.2, 0.25) is 0 Å². The van der Waals surface area contributed by atoms with Crippen LogP contribution >= 0.6 is 0 Å². The number of aromatic nitrogens is 1. The first-order chi connectivity index (χ1) is 11.5. The quantitative estimate of drug-likeness (QED) is 0.906. The topological polar surface area (TPSA) is 82.8 Å². The molecule has 2 heterocycles. The van der Waals surface area contributed by atoms with Crippen molar-refractivity contribution in [2.75, 3.05) is 0 Å². The van der Waals surface area contributed by atoms with Gasteiger partial charge in [0, 0.05) is 35.3 Å². The van der Waals surface area contributed by atoms with Crippen LogP contribution in [0.1, 0.15) is 30.9 Å². The van der Waals surface area contributed by atoms with Crippen molar-refractivity contribution < 1.29 is 15.0 Å². The zero-order valence-electron chi connectivity index (χ0n) is 13.5. The van der Waals surface area contributed by atoms with E-state index in [9.17, 15) is 15.0 Å². The predicted molar refractivity (Wildman–Crippen MR) is 91.9 cm³/mol. The minimum absolute atomic E-state index is 0.0811. The first-order valence-corrected chi connectivity index (χ1v) is 7.67. The Morgan fingerprint density at radius 2 is 1.88 bits per heavy atom. The molecule has 3 rings (SSSR count). The molecule has 5 heteroatoms. The molecule has 2 N–H and O–H groups in total. The third-order valence-corrected chi connectivity index (χ3v) is 4.34. The van der Waals surface area contributed by atoms with Gasteiger partial charge >= 0.3 is 5.97 Å². The number of carboxylic acid groups (broad SMARTS) is 1. The van der Waals surface area contributed by atoms with Gasteiger partial charge in [-0.05, 0) is 37.1 Å². The molecule has 24 heavy (non-hydrogen) atoms. The molecule has 1 aliphatic heterocycles. The Hall–Kier alpha value is -2.95. The number of benzene rings is 1. The van der Waals surface area contributed by atoms with Gasteiger partial charge in [0.1, 0.15) is 11.7 Å². The fourth-order valence-corrected chi connectivity index (χ4v) is 3.34. The molecule has 1 aliphatic rings. The van der Waals surface area contributed by atoms with E-state index in [-0.39, 0.29) is 5.75 Å². The minimum Gasteiger partial charge on any atom is -0.508 e. The lowest BCUT2D eigenvalue weighted by Gasteiger charge is -2.32. The fourth-order valence-electron chi connectivity index (χ4n) is 3.34. The average molecular weight is 322 g/mol. The van der Waals surface area contributed by atoms with E-state index < -0.39 is 17.8 Å². The molecule has 5 nitrogen and oxygen atoms in total. The maximum atomic E-state index is 11.9. The van der Waals surface area contributed by atoms with Gasteiger partial charge in [-0.2, -0.15) is 0 Å². The minimum atomic E-state index is -0.960. The van der Waals surface area contributed by atoms with E-state index in [0.29, 0.717) is 11.3 Å². The van der Waals surface area contributed by atoms with Crippen molar-refractivity contribution in [3.63, 3.8) is 0 Å². The zero-order chi connectivity index (χ0) is 17.3. The third-order valence-electron chi connectivity index (χ3n) is 4.34. The van der Waals surface area contributed by atoms with E-state index in [1.165, 1.54) is 0 Å². The molecule has 0 bridgehead atoms. The second-order valence-corrected chi connectivity index (χ2v) is 5.85. The summed E-state index contributed by atoms with van der Waals surface area (Å²) in [5, 5.41) is 20.1. The van der Waals surface area contributed by atoms with Gasteiger partial charge in [-0.15, -0.1) is 0 Å². The highest BCUT2D eigenvalue weighted by molar-refractivity contribution is 6.06. The van der Waals surface area contributed by atoms with Crippen LogP contribution in [0.5, 0.6) is 5.75 Å². The van der Waals surface area contributed by atoms with Gasteiger partial charge in [0.15, 0.2) is 0 Å². The van der Waals surface area contributed by atoms with Gasteiger partial charge < -0.3 is 10.2 Å². The molecular weight excluding hydrogens is 304 g/mol. The highest BCUT2D eigenvalue weighted by Crippen LogP contribution is 2.46. The first kappa shape index (κ1) is 15.9. The van der Waals surface area contributed by atoms with Crippen LogP contribution in [-0.2, 0) is 4.79 Å². The third kappa shape index (κ3) is 2.69. The van der Waals surface area contributed by atoms with Crippen LogP contribution in [0, 0.1) is 5.92 Å². The Bertz CT molecular complexity index is 841. The number of carboxylic acids is 1. The van der Waals surface area contributed by atoms with Gasteiger partial charge in [0.25, 0.3) is 0 Å². The summed E-state index contributed by atoms with van der Waals surface area (Å²) < 4.78 is 0. The van der Waals surface area contributed by atoms with E-state index in [1.807, 2.05) is 13.0 Å². The molecule has 1 aromatic heterocycles. The number of allylic oxidation sites excluding steroid dienone is 2. The number of pyridine rings is 1. The van der Waals surface area contributed by atoms with E-state index in [1.54, 1.807) is 49.6 Å². The van der Waals surface area contributed by atoms with Gasteiger partial charge in [-0.1, -0.05) is 24.3 Å². The van der Waals surface area contributed by atoms with Crippen molar-refractivity contribution in [2.45, 2.75) is 19.8 Å². The summed E-state index contributed by atoms with van der Waals surface area (Å²) in [7, 11) is 0. The molecule has 2 atom stereocenters. The number of para-hydroxylation sites is 1. The number of aliphatic imine (C=N–C) groups is 1. The molecule has 0 saturated heterocycles. The van der Waals surface area contributed by atoms with Gasteiger partial charge in [-0.3, -0.25) is 14.8 Å². The molecule has 0 aliphatic carbocycles. The van der Waals surface area contributed by atoms with Gasteiger partial charge in [0.05, 0.1) is 0 Å². The van der Waals surface area contributed by atoms with Crippen molar-refractivity contribution in [2.24, 2.45) is 10.9 Å². The highest BCUT2D eigenvalue weighted by Gasteiger charge is 2.39. The lowest BCUT2D eigenvalue weighted by Crippen LogP contribution is -2.32. The molecule has 2 unspecified atom stereocenters. The maximum Gasteiger partial charge on any atom is 0.313 e. The molecule has 0 radical (unpaired) electrons. The fraction of sp³-hybridized carbons (Fsp3) is 0.211.